The molecular weight excluding hydrogens is 389 g/mol. The summed E-state index contributed by atoms with van der Waals surface area (Å²) in [5.41, 5.74) is 14.7. The summed E-state index contributed by atoms with van der Waals surface area (Å²) in [5, 5.41) is 2.88. The summed E-state index contributed by atoms with van der Waals surface area (Å²) < 4.78 is 0. The topological polar surface area (TPSA) is 64.9 Å². The Morgan fingerprint density at radius 3 is 2.42 bits per heavy atom. The van der Waals surface area contributed by atoms with Crippen molar-refractivity contribution < 1.29 is 0 Å². The van der Waals surface area contributed by atoms with Crippen LogP contribution in [0.5, 0.6) is 0 Å². The minimum atomic E-state index is -0.656. The van der Waals surface area contributed by atoms with Gasteiger partial charge in [-0.1, -0.05) is 46.9 Å². The van der Waals surface area contributed by atoms with Crippen LogP contribution in [0.25, 0.3) is 10.9 Å². The van der Waals surface area contributed by atoms with Crippen LogP contribution in [0, 0.1) is 0 Å². The number of fused-ring (bicyclic) bond motifs is 1. The van der Waals surface area contributed by atoms with E-state index >= 15 is 0 Å². The smallest absolute Gasteiger partial charge is 0.0719 e. The van der Waals surface area contributed by atoms with Crippen molar-refractivity contribution in [2.45, 2.75) is 24.8 Å². The van der Waals surface area contributed by atoms with Crippen LogP contribution in [0.4, 0.5) is 0 Å². The molecule has 0 fully saturated rings. The Hall–Kier alpha value is -1.36. The molecule has 2 aromatic carbocycles. The van der Waals surface area contributed by atoms with Crippen LogP contribution in [-0.4, -0.2) is 17.1 Å². The molecule has 1 aromatic heterocycles. The molecular formula is C20H20Cl3N3. The van der Waals surface area contributed by atoms with E-state index in [1.165, 1.54) is 0 Å². The number of nitrogens with zero attached hydrogens (tertiary/aromatic N) is 1. The maximum absolute atomic E-state index is 6.60. The summed E-state index contributed by atoms with van der Waals surface area (Å²) in [5.74, 6) is -0.100. The number of pyridine rings is 1. The summed E-state index contributed by atoms with van der Waals surface area (Å²) in [6.07, 6.45) is 2.34. The average Bonchev–Trinajstić information content (AvgIpc) is 2.60. The lowest BCUT2D eigenvalue weighted by Crippen LogP contribution is -2.50. The van der Waals surface area contributed by atoms with Crippen LogP contribution >= 0.6 is 34.8 Å². The van der Waals surface area contributed by atoms with E-state index in [0.717, 1.165) is 22.0 Å². The van der Waals surface area contributed by atoms with E-state index in [4.69, 9.17) is 46.3 Å². The fourth-order valence-corrected chi connectivity index (χ4v) is 3.94. The number of hydrogen-bond donors (Lipinski definition) is 2. The Kier molecular flexibility index (Phi) is 5.75. The Morgan fingerprint density at radius 1 is 1.08 bits per heavy atom. The van der Waals surface area contributed by atoms with Gasteiger partial charge in [0.1, 0.15) is 0 Å². The highest BCUT2D eigenvalue weighted by Gasteiger charge is 2.32. The molecule has 6 heteroatoms. The van der Waals surface area contributed by atoms with Gasteiger partial charge < -0.3 is 11.5 Å². The predicted octanol–water partition coefficient (Wildman–Crippen LogP) is 5.20. The summed E-state index contributed by atoms with van der Waals surface area (Å²) >= 11 is 18.9. The number of benzene rings is 2. The van der Waals surface area contributed by atoms with Gasteiger partial charge in [-0.25, -0.2) is 0 Å². The highest BCUT2D eigenvalue weighted by atomic mass is 35.5. The number of halogens is 3. The summed E-state index contributed by atoms with van der Waals surface area (Å²) in [4.78, 5) is 4.43. The van der Waals surface area contributed by atoms with Crippen molar-refractivity contribution in [1.29, 1.82) is 0 Å². The third-order valence-electron chi connectivity index (χ3n) is 4.82. The molecule has 4 N–H and O–H groups in total. The van der Waals surface area contributed by atoms with Gasteiger partial charge in [0.15, 0.2) is 0 Å². The Labute approximate surface area is 168 Å². The minimum absolute atomic E-state index is 0.100. The van der Waals surface area contributed by atoms with Crippen molar-refractivity contribution in [3.8, 4) is 0 Å². The van der Waals surface area contributed by atoms with Crippen molar-refractivity contribution in [1.82, 2.24) is 4.98 Å². The number of aromatic nitrogens is 1. The van der Waals surface area contributed by atoms with E-state index in [9.17, 15) is 0 Å². The zero-order valence-corrected chi connectivity index (χ0v) is 16.6. The zero-order valence-electron chi connectivity index (χ0n) is 14.3. The highest BCUT2D eigenvalue weighted by molar-refractivity contribution is 6.36. The first-order chi connectivity index (χ1) is 12.3. The van der Waals surface area contributed by atoms with Gasteiger partial charge in [-0.3, -0.25) is 4.98 Å². The van der Waals surface area contributed by atoms with Crippen molar-refractivity contribution in [2.24, 2.45) is 11.5 Å². The second-order valence-corrected chi connectivity index (χ2v) is 7.98. The van der Waals surface area contributed by atoms with E-state index in [2.05, 4.69) is 4.98 Å². The van der Waals surface area contributed by atoms with Crippen LogP contribution < -0.4 is 11.5 Å². The normalized spacial score (nSPS) is 15.0. The summed E-state index contributed by atoms with van der Waals surface area (Å²) in [7, 11) is 0. The van der Waals surface area contributed by atoms with E-state index in [0.29, 0.717) is 28.0 Å². The summed E-state index contributed by atoms with van der Waals surface area (Å²) in [6, 6.07) is 13.1. The molecule has 0 spiro atoms. The first-order valence-electron chi connectivity index (χ1n) is 8.29. The largest absolute Gasteiger partial charge is 0.329 e. The van der Waals surface area contributed by atoms with Crippen LogP contribution in [0.15, 0.2) is 48.7 Å². The minimum Gasteiger partial charge on any atom is -0.329 e. The Balaban J connectivity index is 2.17. The molecule has 136 valence electrons. The zero-order chi connectivity index (χ0) is 18.9. The number of hydrogen-bond acceptors (Lipinski definition) is 3. The first kappa shape index (κ1) is 19.4. The number of rotatable bonds is 5. The van der Waals surface area contributed by atoms with E-state index < -0.39 is 5.54 Å². The van der Waals surface area contributed by atoms with Crippen molar-refractivity contribution in [3.05, 3.63) is 74.9 Å². The molecule has 1 heterocycles. The van der Waals surface area contributed by atoms with Gasteiger partial charge >= 0.3 is 0 Å². The summed E-state index contributed by atoms with van der Waals surface area (Å²) in [6.45, 7) is 2.27. The maximum atomic E-state index is 6.60. The lowest BCUT2D eigenvalue weighted by Gasteiger charge is -2.34. The van der Waals surface area contributed by atoms with Gasteiger partial charge in [-0.15, -0.1) is 0 Å². The molecule has 0 saturated carbocycles. The highest BCUT2D eigenvalue weighted by Crippen LogP contribution is 2.37. The van der Waals surface area contributed by atoms with Crippen LogP contribution in [0.2, 0.25) is 15.1 Å². The SMILES string of the molecule is CC(N)(CN)C(Cc1c(Cl)cccc1Cl)c1ccnc2cc(Cl)ccc12. The van der Waals surface area contributed by atoms with Crippen LogP contribution in [-0.2, 0) is 6.42 Å². The Morgan fingerprint density at radius 2 is 1.77 bits per heavy atom. The number of nitrogens with two attached hydrogens (primary N) is 2. The van der Waals surface area contributed by atoms with E-state index in [-0.39, 0.29) is 5.92 Å². The van der Waals surface area contributed by atoms with Gasteiger partial charge in [-0.2, -0.15) is 0 Å². The van der Waals surface area contributed by atoms with Crippen molar-refractivity contribution in [3.63, 3.8) is 0 Å². The van der Waals surface area contributed by atoms with E-state index in [1.807, 2.05) is 49.4 Å². The predicted molar refractivity (Wildman–Crippen MR) is 111 cm³/mol. The molecule has 2 atom stereocenters. The fourth-order valence-electron chi connectivity index (χ4n) is 3.22. The quantitative estimate of drug-likeness (QED) is 0.610. The molecule has 0 aliphatic heterocycles. The first-order valence-corrected chi connectivity index (χ1v) is 9.43. The maximum Gasteiger partial charge on any atom is 0.0719 e. The molecule has 3 aromatic rings. The van der Waals surface area contributed by atoms with Crippen molar-refractivity contribution >= 4 is 45.7 Å². The lowest BCUT2D eigenvalue weighted by molar-refractivity contribution is 0.384. The van der Waals surface area contributed by atoms with Crippen LogP contribution in [0.3, 0.4) is 0 Å². The third kappa shape index (κ3) is 3.83. The van der Waals surface area contributed by atoms with Gasteiger partial charge in [-0.05, 0) is 54.8 Å². The fraction of sp³-hybridized carbons (Fsp3) is 0.250. The van der Waals surface area contributed by atoms with Crippen LogP contribution in [0.1, 0.15) is 24.0 Å². The molecule has 0 bridgehead atoms. The molecule has 0 amide bonds. The van der Waals surface area contributed by atoms with Gasteiger partial charge in [0.2, 0.25) is 0 Å². The molecule has 2 unspecified atom stereocenters. The molecule has 0 aliphatic carbocycles. The second-order valence-electron chi connectivity index (χ2n) is 6.73. The van der Waals surface area contributed by atoms with Crippen molar-refractivity contribution in [2.75, 3.05) is 6.54 Å². The standard InChI is InChI=1S/C20H20Cl3N3/c1-20(25,11-24)16(10-15-17(22)3-2-4-18(15)23)13-7-8-26-19-9-12(21)5-6-14(13)19/h2-9,16H,10-11,24-25H2,1H3. The Bertz CT molecular complexity index is 920. The monoisotopic (exact) mass is 407 g/mol. The average molecular weight is 409 g/mol. The molecule has 0 radical (unpaired) electrons. The van der Waals surface area contributed by atoms with Gasteiger partial charge in [0.05, 0.1) is 5.52 Å². The molecule has 3 nitrogen and oxygen atoms in total. The lowest BCUT2D eigenvalue weighted by atomic mass is 9.76. The van der Waals surface area contributed by atoms with Gasteiger partial charge in [0.25, 0.3) is 0 Å². The third-order valence-corrected chi connectivity index (χ3v) is 5.76. The second kappa shape index (κ2) is 7.71. The molecule has 0 saturated heterocycles. The molecule has 3 rings (SSSR count). The van der Waals surface area contributed by atoms with Gasteiger partial charge in [0, 0.05) is 44.7 Å². The molecule has 26 heavy (non-hydrogen) atoms. The molecule has 0 aliphatic rings. The van der Waals surface area contributed by atoms with E-state index in [1.54, 1.807) is 6.20 Å².